The third kappa shape index (κ3) is 6.03. The van der Waals surface area contributed by atoms with Crippen molar-refractivity contribution in [3.8, 4) is 0 Å². The second kappa shape index (κ2) is 14.1. The molecule has 1 N–H and O–H groups in total. The van der Waals surface area contributed by atoms with Crippen molar-refractivity contribution in [1.82, 2.24) is 10.2 Å². The largest absolute Gasteiger partial charge is 0.448 e. The second-order valence-electron chi connectivity index (χ2n) is 11.9. The summed E-state index contributed by atoms with van der Waals surface area (Å²) in [6.45, 7) is 0. The number of rotatable bonds is 11. The number of benzene rings is 5. The first-order valence-corrected chi connectivity index (χ1v) is 19.4. The Morgan fingerprint density at radius 1 is 0.755 bits per heavy atom. The van der Waals surface area contributed by atoms with Gasteiger partial charge in [0.05, 0.1) is 22.7 Å². The molecule has 3 atom stereocenters. The van der Waals surface area contributed by atoms with Gasteiger partial charge in [-0.2, -0.15) is 0 Å². The summed E-state index contributed by atoms with van der Waals surface area (Å²) in [5.41, 5.74) is 2.23. The van der Waals surface area contributed by atoms with Gasteiger partial charge in [0.25, 0.3) is 5.91 Å². The van der Waals surface area contributed by atoms with Crippen LogP contribution in [0.15, 0.2) is 163 Å². The fourth-order valence-corrected chi connectivity index (χ4v) is 13.0. The van der Waals surface area contributed by atoms with E-state index < -0.39 is 47.5 Å². The molecule has 9 heteroatoms. The van der Waals surface area contributed by atoms with Gasteiger partial charge in [0.1, 0.15) is 40.3 Å². The van der Waals surface area contributed by atoms with Crippen LogP contribution in [0, 0.1) is 0 Å². The number of β-lactam (4-membered cyclic amide) rings is 1. The lowest BCUT2D eigenvalue weighted by Gasteiger charge is -2.49. The number of esters is 1. The van der Waals surface area contributed by atoms with E-state index in [0.717, 1.165) is 27.0 Å². The van der Waals surface area contributed by atoms with E-state index in [0.29, 0.717) is 18.1 Å². The molecular formula is C40H34N2O5PS+. The highest BCUT2D eigenvalue weighted by Gasteiger charge is 2.59. The van der Waals surface area contributed by atoms with E-state index in [4.69, 9.17) is 4.74 Å². The Labute approximate surface area is 288 Å². The van der Waals surface area contributed by atoms with Crippen molar-refractivity contribution in [2.45, 2.75) is 17.5 Å². The van der Waals surface area contributed by atoms with Crippen LogP contribution in [0.2, 0.25) is 0 Å². The van der Waals surface area contributed by atoms with Crippen molar-refractivity contribution in [3.63, 3.8) is 0 Å². The van der Waals surface area contributed by atoms with Crippen LogP contribution < -0.4 is 21.2 Å². The van der Waals surface area contributed by atoms with Crippen molar-refractivity contribution in [2.24, 2.45) is 0 Å². The summed E-state index contributed by atoms with van der Waals surface area (Å²) in [5, 5.41) is 4.90. The molecule has 0 saturated carbocycles. The number of amides is 2. The average Bonchev–Trinajstić information content (AvgIpc) is 3.16. The van der Waals surface area contributed by atoms with Gasteiger partial charge in [0.15, 0.2) is 6.10 Å². The summed E-state index contributed by atoms with van der Waals surface area (Å²) in [6, 6.07) is 48.5. The fourth-order valence-electron chi connectivity index (χ4n) is 6.86. The smallest absolute Gasteiger partial charge is 0.356 e. The summed E-state index contributed by atoms with van der Waals surface area (Å²) < 4.78 is 20.4. The van der Waals surface area contributed by atoms with Gasteiger partial charge in [0.2, 0.25) is 6.41 Å². The van der Waals surface area contributed by atoms with Gasteiger partial charge >= 0.3 is 5.97 Å². The standard InChI is InChI=1S/C40H33N2O5PS/c43-28-41-35-38(44)42-36(40(45)47-37(29-16-6-1-7-17-29)30-18-8-2-9-19-30)31(27-49(46)39(35)42)26-48(32-20-10-3-11-21-32,33-22-12-4-13-23-33)34-24-14-5-15-25-34/h1-25,28,35,37,39H,26-27H2/p+1/t35-,39-,49+/m1/s1. The van der Waals surface area contributed by atoms with Crippen molar-refractivity contribution < 1.29 is 23.3 Å². The highest BCUT2D eigenvalue weighted by molar-refractivity contribution is 7.96. The number of ether oxygens (including phenoxy) is 1. The van der Waals surface area contributed by atoms with Gasteiger partial charge in [0, 0.05) is 5.57 Å². The lowest BCUT2D eigenvalue weighted by atomic mass is 10.0. The first kappa shape index (κ1) is 32.4. The van der Waals surface area contributed by atoms with Crippen LogP contribution >= 0.6 is 7.26 Å². The summed E-state index contributed by atoms with van der Waals surface area (Å²) in [6.07, 6.45) is 0.0308. The molecule has 5 aromatic carbocycles. The van der Waals surface area contributed by atoms with Crippen molar-refractivity contribution >= 4 is 52.3 Å². The topological polar surface area (TPSA) is 92.8 Å². The lowest BCUT2D eigenvalue weighted by Crippen LogP contribution is -2.73. The van der Waals surface area contributed by atoms with Gasteiger partial charge < -0.3 is 10.1 Å². The van der Waals surface area contributed by atoms with E-state index in [2.05, 4.69) is 41.7 Å². The maximum absolute atomic E-state index is 14.7. The predicted octanol–water partition coefficient (Wildman–Crippen LogP) is 4.61. The highest BCUT2D eigenvalue weighted by atomic mass is 32.2. The molecule has 0 bridgehead atoms. The van der Waals surface area contributed by atoms with E-state index in [9.17, 15) is 18.6 Å². The molecule has 2 amide bonds. The number of fused-ring (bicyclic) bond motifs is 1. The summed E-state index contributed by atoms with van der Waals surface area (Å²) in [4.78, 5) is 41.2. The number of carbonyl (C=O) groups excluding carboxylic acids is 3. The van der Waals surface area contributed by atoms with Gasteiger partial charge in [-0.25, -0.2) is 4.79 Å². The molecular weight excluding hydrogens is 651 g/mol. The Morgan fingerprint density at radius 2 is 1.18 bits per heavy atom. The molecule has 0 unspecified atom stereocenters. The van der Waals surface area contributed by atoms with Crippen LogP contribution in [0.5, 0.6) is 0 Å². The Kier molecular flexibility index (Phi) is 9.34. The third-order valence-electron chi connectivity index (χ3n) is 9.09. The molecule has 0 aromatic heterocycles. The first-order chi connectivity index (χ1) is 24.0. The average molecular weight is 686 g/mol. The fraction of sp³-hybridized carbons (Fsp3) is 0.125. The zero-order valence-corrected chi connectivity index (χ0v) is 28.2. The summed E-state index contributed by atoms with van der Waals surface area (Å²) >= 11 is 0. The first-order valence-electron chi connectivity index (χ1n) is 16.0. The molecule has 7 rings (SSSR count). The van der Waals surface area contributed by atoms with Crippen LogP contribution in [-0.2, 0) is 29.9 Å². The van der Waals surface area contributed by atoms with Crippen molar-refractivity contribution in [2.75, 3.05) is 11.9 Å². The highest BCUT2D eigenvalue weighted by Crippen LogP contribution is 2.57. The van der Waals surface area contributed by atoms with Gasteiger partial charge in [-0.05, 0) is 47.5 Å². The zero-order valence-electron chi connectivity index (χ0n) is 26.5. The molecule has 0 aliphatic carbocycles. The quantitative estimate of drug-likeness (QED) is 0.0950. The minimum absolute atomic E-state index is 0.0471. The third-order valence-corrected chi connectivity index (χ3v) is 15.1. The van der Waals surface area contributed by atoms with Crippen LogP contribution in [0.4, 0.5) is 0 Å². The maximum atomic E-state index is 14.7. The number of carbonyl (C=O) groups is 3. The van der Waals surface area contributed by atoms with E-state index in [1.165, 1.54) is 4.90 Å². The SMILES string of the molecule is O=CN[C@@H]1C(=O)N2C(C(=O)OC(c3ccccc3)c3ccccc3)=C(C[P+](c3ccccc3)(c3ccccc3)c3ccccc3)C[S@](=O)[C@H]12. The van der Waals surface area contributed by atoms with E-state index in [-0.39, 0.29) is 11.4 Å². The van der Waals surface area contributed by atoms with Gasteiger partial charge in [-0.3, -0.25) is 18.7 Å². The van der Waals surface area contributed by atoms with Crippen LogP contribution in [-0.4, -0.2) is 50.7 Å². The molecule has 49 heavy (non-hydrogen) atoms. The Morgan fingerprint density at radius 3 is 1.61 bits per heavy atom. The lowest BCUT2D eigenvalue weighted by molar-refractivity contribution is -0.154. The zero-order chi connectivity index (χ0) is 33.8. The minimum Gasteiger partial charge on any atom is -0.448 e. The Bertz CT molecular complexity index is 1880. The molecule has 5 aromatic rings. The molecule has 2 aliphatic heterocycles. The summed E-state index contributed by atoms with van der Waals surface area (Å²) in [7, 11) is -4.16. The molecule has 2 heterocycles. The Balaban J connectivity index is 1.42. The van der Waals surface area contributed by atoms with Gasteiger partial charge in [-0.1, -0.05) is 115 Å². The second-order valence-corrected chi connectivity index (χ2v) is 16.9. The number of nitrogens with one attached hydrogen (secondary N) is 1. The van der Waals surface area contributed by atoms with Crippen LogP contribution in [0.25, 0.3) is 0 Å². The monoisotopic (exact) mass is 685 g/mol. The molecule has 244 valence electrons. The van der Waals surface area contributed by atoms with Crippen LogP contribution in [0.1, 0.15) is 17.2 Å². The summed E-state index contributed by atoms with van der Waals surface area (Å²) in [5.74, 6) is -1.13. The molecule has 7 nitrogen and oxygen atoms in total. The van der Waals surface area contributed by atoms with Crippen molar-refractivity contribution in [3.05, 3.63) is 174 Å². The molecule has 1 fully saturated rings. The molecule has 0 radical (unpaired) electrons. The van der Waals surface area contributed by atoms with Crippen LogP contribution in [0.3, 0.4) is 0 Å². The predicted molar refractivity (Wildman–Crippen MR) is 194 cm³/mol. The Hall–Kier alpha value is -5.17. The minimum atomic E-state index is -2.56. The molecule has 0 spiro atoms. The maximum Gasteiger partial charge on any atom is 0.356 e. The van der Waals surface area contributed by atoms with E-state index >= 15 is 0 Å². The molecule has 2 aliphatic rings. The number of nitrogens with zero attached hydrogens (tertiary/aromatic N) is 1. The number of hydrogen-bond donors (Lipinski definition) is 1. The van der Waals surface area contributed by atoms with Crippen molar-refractivity contribution in [1.29, 1.82) is 0 Å². The normalized spacial score (nSPS) is 18.8. The van der Waals surface area contributed by atoms with E-state index in [1.54, 1.807) is 0 Å². The molecule has 1 saturated heterocycles. The van der Waals surface area contributed by atoms with Gasteiger partial charge in [-0.15, -0.1) is 0 Å². The number of hydrogen-bond acceptors (Lipinski definition) is 5. The van der Waals surface area contributed by atoms with E-state index in [1.807, 2.05) is 115 Å².